The lowest BCUT2D eigenvalue weighted by atomic mass is 9.90. The lowest BCUT2D eigenvalue weighted by molar-refractivity contribution is 0.373. The van der Waals surface area contributed by atoms with E-state index in [1.54, 1.807) is 0 Å². The molecule has 1 aromatic rings. The maximum atomic E-state index is 5.92. The molecule has 0 aliphatic carbocycles. The van der Waals surface area contributed by atoms with Gasteiger partial charge in [0.1, 0.15) is 0 Å². The van der Waals surface area contributed by atoms with Gasteiger partial charge in [-0.3, -0.25) is 0 Å². The molecule has 0 bridgehead atoms. The third-order valence-corrected chi connectivity index (χ3v) is 3.02. The number of nitrogens with two attached hydrogens (primary N) is 1. The first-order valence-corrected chi connectivity index (χ1v) is 5.40. The van der Waals surface area contributed by atoms with Crippen LogP contribution in [-0.4, -0.2) is 13.1 Å². The first-order chi connectivity index (χ1) is 6.86. The molecule has 0 unspecified atom stereocenters. The van der Waals surface area contributed by atoms with Gasteiger partial charge in [0.05, 0.1) is 0 Å². The maximum Gasteiger partial charge on any atom is 0.0346 e. The van der Waals surface area contributed by atoms with Gasteiger partial charge < -0.3 is 11.1 Å². The molecule has 1 heterocycles. The summed E-state index contributed by atoms with van der Waals surface area (Å²) in [5, 5.41) is 3.38. The van der Waals surface area contributed by atoms with Crippen LogP contribution in [0, 0.1) is 5.92 Å². The molecule has 1 aromatic carbocycles. The van der Waals surface area contributed by atoms with Gasteiger partial charge in [0, 0.05) is 5.69 Å². The Labute approximate surface area is 85.5 Å². The van der Waals surface area contributed by atoms with Crippen LogP contribution in [0.15, 0.2) is 24.3 Å². The predicted molar refractivity (Wildman–Crippen MR) is 60.2 cm³/mol. The molecular weight excluding hydrogens is 172 g/mol. The molecule has 14 heavy (non-hydrogen) atoms. The Morgan fingerprint density at radius 2 is 1.93 bits per heavy atom. The van der Waals surface area contributed by atoms with E-state index in [-0.39, 0.29) is 0 Å². The van der Waals surface area contributed by atoms with Gasteiger partial charge in [0.2, 0.25) is 0 Å². The van der Waals surface area contributed by atoms with Crippen molar-refractivity contribution in [1.82, 2.24) is 5.32 Å². The predicted octanol–water partition coefficient (Wildman–Crippen LogP) is 1.81. The molecule has 76 valence electrons. The number of para-hydroxylation sites is 1. The van der Waals surface area contributed by atoms with E-state index in [0.29, 0.717) is 0 Å². The fraction of sp³-hybridized carbons (Fsp3) is 0.500. The Balaban J connectivity index is 1.99. The molecule has 0 aromatic heterocycles. The van der Waals surface area contributed by atoms with Crippen molar-refractivity contribution in [2.45, 2.75) is 19.3 Å². The van der Waals surface area contributed by atoms with E-state index >= 15 is 0 Å². The number of rotatable bonds is 2. The van der Waals surface area contributed by atoms with Crippen LogP contribution in [0.4, 0.5) is 5.69 Å². The van der Waals surface area contributed by atoms with Crippen molar-refractivity contribution in [3.05, 3.63) is 29.8 Å². The van der Waals surface area contributed by atoms with Gasteiger partial charge in [-0.2, -0.15) is 0 Å². The van der Waals surface area contributed by atoms with Gasteiger partial charge in [-0.15, -0.1) is 0 Å². The van der Waals surface area contributed by atoms with Crippen LogP contribution < -0.4 is 11.1 Å². The average molecular weight is 190 g/mol. The summed E-state index contributed by atoms with van der Waals surface area (Å²) in [6, 6.07) is 8.22. The van der Waals surface area contributed by atoms with Gasteiger partial charge >= 0.3 is 0 Å². The quantitative estimate of drug-likeness (QED) is 0.698. The van der Waals surface area contributed by atoms with Crippen molar-refractivity contribution < 1.29 is 0 Å². The van der Waals surface area contributed by atoms with Crippen LogP contribution >= 0.6 is 0 Å². The highest BCUT2D eigenvalue weighted by molar-refractivity contribution is 5.46. The molecule has 2 rings (SSSR count). The van der Waals surface area contributed by atoms with E-state index in [9.17, 15) is 0 Å². The molecule has 0 radical (unpaired) electrons. The number of hydrogen-bond donors (Lipinski definition) is 2. The lowest BCUT2D eigenvalue weighted by Crippen LogP contribution is -2.28. The van der Waals surface area contributed by atoms with Gasteiger partial charge in [-0.05, 0) is 49.9 Å². The Kier molecular flexibility index (Phi) is 3.04. The number of nitrogens with one attached hydrogen (secondary N) is 1. The minimum atomic E-state index is 0.820. The maximum absolute atomic E-state index is 5.92. The molecular formula is C12H18N2. The second-order valence-corrected chi connectivity index (χ2v) is 4.10. The summed E-state index contributed by atoms with van der Waals surface area (Å²) < 4.78 is 0. The Bertz CT molecular complexity index is 290. The van der Waals surface area contributed by atoms with Gasteiger partial charge in [-0.1, -0.05) is 18.2 Å². The summed E-state index contributed by atoms with van der Waals surface area (Å²) in [7, 11) is 0. The second-order valence-electron chi connectivity index (χ2n) is 4.10. The van der Waals surface area contributed by atoms with Crippen molar-refractivity contribution in [3.63, 3.8) is 0 Å². The molecule has 1 aliphatic rings. The molecule has 0 atom stereocenters. The standard InChI is InChI=1S/C12H18N2/c13-12-4-2-1-3-11(12)9-10-5-7-14-8-6-10/h1-4,10,14H,5-9,13H2. The molecule has 3 N–H and O–H groups in total. The van der Waals surface area contributed by atoms with Crippen LogP contribution in [0.2, 0.25) is 0 Å². The molecule has 2 nitrogen and oxygen atoms in total. The van der Waals surface area contributed by atoms with E-state index in [4.69, 9.17) is 5.73 Å². The van der Waals surface area contributed by atoms with E-state index in [2.05, 4.69) is 17.4 Å². The van der Waals surface area contributed by atoms with E-state index < -0.39 is 0 Å². The van der Waals surface area contributed by atoms with Crippen LogP contribution in [0.3, 0.4) is 0 Å². The van der Waals surface area contributed by atoms with Crippen molar-refractivity contribution in [3.8, 4) is 0 Å². The molecule has 0 saturated carbocycles. The highest BCUT2D eigenvalue weighted by Gasteiger charge is 2.14. The second kappa shape index (κ2) is 4.47. The minimum absolute atomic E-state index is 0.820. The molecule has 1 saturated heterocycles. The fourth-order valence-electron chi connectivity index (χ4n) is 2.12. The summed E-state index contributed by atoms with van der Waals surface area (Å²) in [5.74, 6) is 0.820. The molecule has 0 spiro atoms. The molecule has 1 fully saturated rings. The zero-order chi connectivity index (χ0) is 9.80. The summed E-state index contributed by atoms with van der Waals surface area (Å²) in [6.07, 6.45) is 3.72. The van der Waals surface area contributed by atoms with Crippen molar-refractivity contribution in [2.24, 2.45) is 5.92 Å². The van der Waals surface area contributed by atoms with E-state index in [1.807, 2.05) is 12.1 Å². The van der Waals surface area contributed by atoms with Gasteiger partial charge in [0.25, 0.3) is 0 Å². The number of anilines is 1. The van der Waals surface area contributed by atoms with Gasteiger partial charge in [0.15, 0.2) is 0 Å². The SMILES string of the molecule is Nc1ccccc1CC1CCNCC1. The first kappa shape index (κ1) is 9.53. The minimum Gasteiger partial charge on any atom is -0.399 e. The zero-order valence-electron chi connectivity index (χ0n) is 8.50. The molecule has 1 aliphatic heterocycles. The monoisotopic (exact) mass is 190 g/mol. The van der Waals surface area contributed by atoms with Crippen molar-refractivity contribution >= 4 is 5.69 Å². The molecule has 2 heteroatoms. The smallest absolute Gasteiger partial charge is 0.0346 e. The topological polar surface area (TPSA) is 38.0 Å². The van der Waals surface area contributed by atoms with Crippen molar-refractivity contribution in [2.75, 3.05) is 18.8 Å². The van der Waals surface area contributed by atoms with Crippen LogP contribution in [0.25, 0.3) is 0 Å². The van der Waals surface area contributed by atoms with Crippen LogP contribution in [0.1, 0.15) is 18.4 Å². The average Bonchev–Trinajstić information content (AvgIpc) is 2.23. The van der Waals surface area contributed by atoms with E-state index in [0.717, 1.165) is 31.1 Å². The Morgan fingerprint density at radius 1 is 1.21 bits per heavy atom. The third-order valence-electron chi connectivity index (χ3n) is 3.02. The van der Waals surface area contributed by atoms with Crippen LogP contribution in [0.5, 0.6) is 0 Å². The summed E-state index contributed by atoms with van der Waals surface area (Å²) >= 11 is 0. The fourth-order valence-corrected chi connectivity index (χ4v) is 2.12. The Morgan fingerprint density at radius 3 is 2.64 bits per heavy atom. The summed E-state index contributed by atoms with van der Waals surface area (Å²) in [4.78, 5) is 0. The highest BCUT2D eigenvalue weighted by Crippen LogP contribution is 2.21. The highest BCUT2D eigenvalue weighted by atomic mass is 14.9. The number of hydrogen-bond acceptors (Lipinski definition) is 2. The number of benzene rings is 1. The lowest BCUT2D eigenvalue weighted by Gasteiger charge is -2.23. The first-order valence-electron chi connectivity index (χ1n) is 5.40. The van der Waals surface area contributed by atoms with Gasteiger partial charge in [-0.25, -0.2) is 0 Å². The van der Waals surface area contributed by atoms with E-state index in [1.165, 1.54) is 18.4 Å². The van der Waals surface area contributed by atoms with Crippen molar-refractivity contribution in [1.29, 1.82) is 0 Å². The Hall–Kier alpha value is -1.02. The summed E-state index contributed by atoms with van der Waals surface area (Å²) in [6.45, 7) is 2.33. The normalized spacial score (nSPS) is 18.3. The number of piperidine rings is 1. The zero-order valence-corrected chi connectivity index (χ0v) is 8.50. The van der Waals surface area contributed by atoms with Crippen LogP contribution in [-0.2, 0) is 6.42 Å². The third kappa shape index (κ3) is 2.26. The number of nitrogen functional groups attached to an aromatic ring is 1. The summed E-state index contributed by atoms with van der Waals surface area (Å²) in [5.41, 5.74) is 8.19. The molecule has 0 amide bonds. The largest absolute Gasteiger partial charge is 0.399 e.